The van der Waals surface area contributed by atoms with Gasteiger partial charge in [0.1, 0.15) is 0 Å². The number of rotatable bonds is 2. The van der Waals surface area contributed by atoms with Crippen LogP contribution in [0.5, 0.6) is 0 Å². The molecule has 14 aromatic rings. The monoisotopic (exact) mass is 856 g/mol. The minimum atomic E-state index is -0.0522. The van der Waals surface area contributed by atoms with Gasteiger partial charge in [0.2, 0.25) is 0 Å². The molecule has 0 N–H and O–H groups in total. The van der Waals surface area contributed by atoms with Crippen LogP contribution in [0.2, 0.25) is 0 Å². The predicted molar refractivity (Wildman–Crippen MR) is 286 cm³/mol. The molecular formula is C62H34B2N4. The average Bonchev–Trinajstić information content (AvgIpc) is 4.15. The number of benzene rings is 10. The van der Waals surface area contributed by atoms with E-state index < -0.39 is 0 Å². The van der Waals surface area contributed by atoms with Crippen LogP contribution in [0.25, 0.3) is 132 Å². The van der Waals surface area contributed by atoms with E-state index in [0.29, 0.717) is 0 Å². The quantitative estimate of drug-likeness (QED) is 0.154. The summed E-state index contributed by atoms with van der Waals surface area (Å²) < 4.78 is 10.8. The highest BCUT2D eigenvalue weighted by molar-refractivity contribution is 6.92. The predicted octanol–water partition coefficient (Wildman–Crippen LogP) is 12.2. The fraction of sp³-hybridized carbons (Fsp3) is 0. The van der Waals surface area contributed by atoms with Crippen LogP contribution in [0.4, 0.5) is 0 Å². The van der Waals surface area contributed by atoms with Gasteiger partial charge < -0.3 is 18.1 Å². The Hall–Kier alpha value is -8.73. The number of para-hydroxylation sites is 6. The third-order valence-corrected chi connectivity index (χ3v) is 16.5. The van der Waals surface area contributed by atoms with Crippen molar-refractivity contribution < 1.29 is 0 Å². The van der Waals surface area contributed by atoms with E-state index in [1.807, 2.05) is 0 Å². The molecular weight excluding hydrogens is 822 g/mol. The van der Waals surface area contributed by atoms with Crippen LogP contribution >= 0.6 is 0 Å². The lowest BCUT2D eigenvalue weighted by molar-refractivity contribution is 1.18. The molecule has 68 heavy (non-hydrogen) atoms. The van der Waals surface area contributed by atoms with Crippen molar-refractivity contribution in [1.29, 1.82) is 0 Å². The van der Waals surface area contributed by atoms with Gasteiger partial charge in [0, 0.05) is 65.9 Å². The molecule has 0 radical (unpaired) electrons. The van der Waals surface area contributed by atoms with Gasteiger partial charge in [0.15, 0.2) is 0 Å². The second-order valence-corrected chi connectivity index (χ2v) is 19.4. The summed E-state index contributed by atoms with van der Waals surface area (Å²) in [6.45, 7) is -0.104. The van der Waals surface area contributed by atoms with Gasteiger partial charge in [0.05, 0.1) is 33.1 Å². The number of fused-ring (bicyclic) bond motifs is 21. The summed E-state index contributed by atoms with van der Waals surface area (Å²) in [6.07, 6.45) is 0. The first-order chi connectivity index (χ1) is 33.8. The molecule has 0 aliphatic carbocycles. The summed E-state index contributed by atoms with van der Waals surface area (Å²) in [5, 5.41) is 7.85. The summed E-state index contributed by atoms with van der Waals surface area (Å²) in [5.74, 6) is 0. The van der Waals surface area contributed by atoms with E-state index in [0.717, 1.165) is 0 Å². The third kappa shape index (κ3) is 3.77. The Morgan fingerprint density at radius 3 is 1.15 bits per heavy atom. The Balaban J connectivity index is 1.05. The molecule has 6 heteroatoms. The number of aromatic nitrogens is 4. The van der Waals surface area contributed by atoms with Crippen LogP contribution in [0.1, 0.15) is 0 Å². The van der Waals surface area contributed by atoms with Gasteiger partial charge in [-0.15, -0.1) is 0 Å². The first-order valence-electron chi connectivity index (χ1n) is 23.9. The SMILES string of the molecule is c1ccc(-c2cc3c4c5c2c2ccccc2n5-c2ccccc2B4n2c4c-3cccc4c3c2c2cccc4c2n3B2c3ccccc3-n3c5ccccc5c5c(-c6ccccc6)cc-4c2c53)cc1. The molecule has 0 spiro atoms. The summed E-state index contributed by atoms with van der Waals surface area (Å²) in [7, 11) is 0. The van der Waals surface area contributed by atoms with Crippen molar-refractivity contribution in [2.24, 2.45) is 0 Å². The molecule has 4 aliphatic rings. The molecule has 4 aromatic heterocycles. The summed E-state index contributed by atoms with van der Waals surface area (Å²) in [4.78, 5) is 0. The van der Waals surface area contributed by atoms with Crippen LogP contribution in [-0.4, -0.2) is 31.8 Å². The van der Waals surface area contributed by atoms with E-state index in [1.54, 1.807) is 0 Å². The van der Waals surface area contributed by atoms with E-state index in [4.69, 9.17) is 0 Å². The van der Waals surface area contributed by atoms with Crippen molar-refractivity contribution in [3.8, 4) is 55.9 Å². The molecule has 10 aromatic carbocycles. The zero-order valence-electron chi connectivity index (χ0n) is 36.6. The van der Waals surface area contributed by atoms with E-state index in [1.165, 1.54) is 154 Å². The van der Waals surface area contributed by atoms with Crippen LogP contribution in [0.15, 0.2) is 206 Å². The highest BCUT2D eigenvalue weighted by atomic mass is 15.1. The first kappa shape index (κ1) is 34.6. The standard InChI is InChI=1S/C62H34B2N4/c1-3-17-35(18-4-1)43-33-45-37-23-15-25-41-57(37)67(63-47-27-9-13-31-51(47)65-49-29-11-7-21-39(49)53(43)61(65)55(45)63)60-42-26-16-24-38-46-34-44(36-19-5-2-6-20-36)54-40-22-8-12-30-50(40)66-52-32-14-10-28-48(52)64(56(46)62(54)66)68(58(38)42)59(41)60/h1-34H. The minimum absolute atomic E-state index is 0.0522. The Morgan fingerprint density at radius 2 is 0.676 bits per heavy atom. The van der Waals surface area contributed by atoms with Gasteiger partial charge in [-0.1, -0.05) is 170 Å². The zero-order valence-corrected chi connectivity index (χ0v) is 36.6. The van der Waals surface area contributed by atoms with Crippen molar-refractivity contribution in [2.75, 3.05) is 0 Å². The van der Waals surface area contributed by atoms with E-state index in [9.17, 15) is 0 Å². The lowest BCUT2D eigenvalue weighted by atomic mass is 9.45. The van der Waals surface area contributed by atoms with Gasteiger partial charge in [-0.05, 0) is 91.6 Å². The Bertz CT molecular complexity index is 4380. The molecule has 0 saturated carbocycles. The van der Waals surface area contributed by atoms with E-state index in [-0.39, 0.29) is 13.7 Å². The normalized spacial score (nSPS) is 13.5. The third-order valence-electron chi connectivity index (χ3n) is 16.5. The molecule has 0 saturated heterocycles. The average molecular weight is 857 g/mol. The molecule has 0 atom stereocenters. The fourth-order valence-corrected chi connectivity index (χ4v) is 14.2. The van der Waals surface area contributed by atoms with Gasteiger partial charge >= 0.3 is 13.7 Å². The number of nitrogens with zero attached hydrogens (tertiary/aromatic N) is 4. The zero-order chi connectivity index (χ0) is 43.7. The van der Waals surface area contributed by atoms with Crippen LogP contribution in [0, 0.1) is 0 Å². The highest BCUT2D eigenvalue weighted by Gasteiger charge is 2.47. The van der Waals surface area contributed by atoms with Crippen molar-refractivity contribution in [2.45, 2.75) is 0 Å². The second-order valence-electron chi connectivity index (χ2n) is 19.4. The van der Waals surface area contributed by atoms with Crippen LogP contribution in [-0.2, 0) is 0 Å². The second kappa shape index (κ2) is 11.8. The lowest BCUT2D eigenvalue weighted by Crippen LogP contribution is -2.55. The number of hydrogen-bond donors (Lipinski definition) is 0. The Morgan fingerprint density at radius 1 is 0.279 bits per heavy atom. The first-order valence-corrected chi connectivity index (χ1v) is 23.9. The van der Waals surface area contributed by atoms with Gasteiger partial charge in [-0.2, -0.15) is 0 Å². The molecule has 4 nitrogen and oxygen atoms in total. The van der Waals surface area contributed by atoms with Gasteiger partial charge in [-0.25, -0.2) is 0 Å². The molecule has 18 rings (SSSR count). The maximum atomic E-state index is 2.79. The molecule has 0 fully saturated rings. The van der Waals surface area contributed by atoms with E-state index in [2.05, 4.69) is 224 Å². The highest BCUT2D eigenvalue weighted by Crippen LogP contribution is 2.52. The summed E-state index contributed by atoms with van der Waals surface area (Å²) in [6, 6.07) is 78.1. The topological polar surface area (TPSA) is 19.7 Å². The molecule has 0 unspecified atom stereocenters. The smallest absolute Gasteiger partial charge is 0.333 e. The van der Waals surface area contributed by atoms with Gasteiger partial charge in [0.25, 0.3) is 0 Å². The Kier molecular flexibility index (Phi) is 6.00. The maximum absolute atomic E-state index is 2.79. The molecule has 8 heterocycles. The minimum Gasteiger partial charge on any atom is -0.374 e. The van der Waals surface area contributed by atoms with Crippen molar-refractivity contribution in [3.05, 3.63) is 206 Å². The van der Waals surface area contributed by atoms with E-state index >= 15 is 0 Å². The number of hydrogen-bond acceptors (Lipinski definition) is 0. The lowest BCUT2D eigenvalue weighted by Gasteiger charge is -2.34. The molecule has 0 bridgehead atoms. The Labute approximate surface area is 390 Å². The van der Waals surface area contributed by atoms with Crippen molar-refractivity contribution in [1.82, 2.24) is 18.1 Å². The molecule has 308 valence electrons. The largest absolute Gasteiger partial charge is 0.374 e. The maximum Gasteiger partial charge on any atom is 0.333 e. The van der Waals surface area contributed by atoms with Gasteiger partial charge in [-0.3, -0.25) is 0 Å². The molecule has 4 aliphatic heterocycles. The summed E-state index contributed by atoms with van der Waals surface area (Å²) >= 11 is 0. The summed E-state index contributed by atoms with van der Waals surface area (Å²) in [5.41, 5.74) is 28.7. The van der Waals surface area contributed by atoms with Crippen molar-refractivity contribution >= 4 is 112 Å². The van der Waals surface area contributed by atoms with Crippen molar-refractivity contribution in [3.63, 3.8) is 0 Å². The molecule has 0 amide bonds. The van der Waals surface area contributed by atoms with Crippen LogP contribution in [0.3, 0.4) is 0 Å². The van der Waals surface area contributed by atoms with Crippen LogP contribution < -0.4 is 21.9 Å². The fourth-order valence-electron chi connectivity index (χ4n) is 14.2.